The molecule has 1 saturated heterocycles. The van der Waals surface area contributed by atoms with Crippen LogP contribution in [0.2, 0.25) is 6.04 Å². The Bertz CT molecular complexity index is 333. The molecule has 0 saturated carbocycles. The van der Waals surface area contributed by atoms with E-state index < -0.39 is 8.80 Å². The van der Waals surface area contributed by atoms with Crippen LogP contribution in [0.15, 0.2) is 0 Å². The first-order valence-electron chi connectivity index (χ1n) is 9.63. The Morgan fingerprint density at radius 2 is 1.48 bits per heavy atom. The topological polar surface area (TPSA) is 55.4 Å². The second-order valence-corrected chi connectivity index (χ2v) is 9.35. The summed E-state index contributed by atoms with van der Waals surface area (Å²) >= 11 is 0. The highest BCUT2D eigenvalue weighted by atomic mass is 28.4. The van der Waals surface area contributed by atoms with Gasteiger partial charge in [-0.25, -0.2) is 0 Å². The van der Waals surface area contributed by atoms with E-state index in [2.05, 4.69) is 6.92 Å². The van der Waals surface area contributed by atoms with Crippen molar-refractivity contribution < 1.29 is 27.5 Å². The van der Waals surface area contributed by atoms with Gasteiger partial charge in [-0.05, 0) is 40.5 Å². The molecule has 1 rings (SSSR count). The Morgan fingerprint density at radius 1 is 0.920 bits per heavy atom. The Balaban J connectivity index is 2.71. The molecule has 0 aromatic heterocycles. The smallest absolute Gasteiger partial charge is 0.381 e. The van der Waals surface area contributed by atoms with Crippen LogP contribution < -0.4 is 0 Å². The fourth-order valence-electron chi connectivity index (χ4n) is 3.42. The Hall–Kier alpha value is -0.0231. The van der Waals surface area contributed by atoms with Crippen molar-refractivity contribution in [2.24, 2.45) is 5.41 Å². The monoisotopic (exact) mass is 378 g/mol. The summed E-state index contributed by atoms with van der Waals surface area (Å²) in [5.74, 6) is 0. The maximum Gasteiger partial charge on any atom is 0.503 e. The van der Waals surface area contributed by atoms with Gasteiger partial charge in [0, 0.05) is 45.0 Å². The van der Waals surface area contributed by atoms with Crippen LogP contribution in [-0.4, -0.2) is 67.8 Å². The van der Waals surface area contributed by atoms with Crippen molar-refractivity contribution in [1.82, 2.24) is 0 Å². The van der Waals surface area contributed by atoms with E-state index in [4.69, 9.17) is 27.5 Å². The summed E-state index contributed by atoms with van der Waals surface area (Å²) < 4.78 is 35.1. The van der Waals surface area contributed by atoms with E-state index in [9.17, 15) is 0 Å². The van der Waals surface area contributed by atoms with Crippen LogP contribution in [0.3, 0.4) is 0 Å². The SMILES string of the molecule is CCOC(CCC(OC)C1(C)COC1)C[Si](OCC)(OCC)OCC. The molecule has 25 heavy (non-hydrogen) atoms. The number of hydrogen-bond acceptors (Lipinski definition) is 6. The number of rotatable bonds is 15. The van der Waals surface area contributed by atoms with Crippen molar-refractivity contribution in [2.75, 3.05) is 46.8 Å². The Labute approximate surface area is 154 Å². The van der Waals surface area contributed by atoms with Gasteiger partial charge in [0.2, 0.25) is 0 Å². The average Bonchev–Trinajstić information content (AvgIpc) is 2.54. The molecule has 0 amide bonds. The predicted octanol–water partition coefficient (Wildman–Crippen LogP) is 3.27. The van der Waals surface area contributed by atoms with Crippen molar-refractivity contribution in [1.29, 1.82) is 0 Å². The number of hydrogen-bond donors (Lipinski definition) is 0. The van der Waals surface area contributed by atoms with E-state index in [1.54, 1.807) is 7.11 Å². The normalized spacial score (nSPS) is 19.4. The van der Waals surface area contributed by atoms with Gasteiger partial charge in [0.1, 0.15) is 0 Å². The molecule has 1 aliphatic heterocycles. The van der Waals surface area contributed by atoms with E-state index in [0.717, 1.165) is 26.1 Å². The first kappa shape index (κ1) is 23.0. The van der Waals surface area contributed by atoms with Crippen LogP contribution >= 0.6 is 0 Å². The molecule has 6 nitrogen and oxygen atoms in total. The van der Waals surface area contributed by atoms with Gasteiger partial charge in [-0.15, -0.1) is 0 Å². The van der Waals surface area contributed by atoms with Crippen LogP contribution in [-0.2, 0) is 27.5 Å². The molecule has 1 heterocycles. The highest BCUT2D eigenvalue weighted by molar-refractivity contribution is 6.60. The molecule has 1 fully saturated rings. The van der Waals surface area contributed by atoms with Crippen LogP contribution in [0.1, 0.15) is 47.5 Å². The second kappa shape index (κ2) is 11.6. The standard InChI is InChI=1S/C18H38O6Si/c1-7-21-16(11-12-17(19-6)18(5)14-20-15-18)13-25(22-8-2,23-9-3)24-10-4/h16-17H,7-15H2,1-6H3. The van der Waals surface area contributed by atoms with Crippen molar-refractivity contribution >= 4 is 8.80 Å². The molecule has 0 aromatic rings. The summed E-state index contributed by atoms with van der Waals surface area (Å²) in [5, 5.41) is 0. The van der Waals surface area contributed by atoms with Crippen molar-refractivity contribution in [3.05, 3.63) is 0 Å². The zero-order valence-electron chi connectivity index (χ0n) is 17.0. The lowest BCUT2D eigenvalue weighted by Crippen LogP contribution is -2.51. The summed E-state index contributed by atoms with van der Waals surface area (Å²) in [7, 11) is -0.927. The molecule has 1 aliphatic rings. The van der Waals surface area contributed by atoms with E-state index in [0.29, 0.717) is 32.5 Å². The summed E-state index contributed by atoms with van der Waals surface area (Å²) in [6.45, 7) is 14.1. The molecule has 0 spiro atoms. The third-order valence-corrected chi connectivity index (χ3v) is 7.79. The molecule has 150 valence electrons. The van der Waals surface area contributed by atoms with Gasteiger partial charge < -0.3 is 27.5 Å². The molecule has 0 N–H and O–H groups in total. The van der Waals surface area contributed by atoms with Crippen LogP contribution in [0.5, 0.6) is 0 Å². The minimum Gasteiger partial charge on any atom is -0.381 e. The molecular weight excluding hydrogens is 340 g/mol. The lowest BCUT2D eigenvalue weighted by atomic mass is 9.80. The zero-order chi connectivity index (χ0) is 18.8. The molecular formula is C18H38O6Si. The lowest BCUT2D eigenvalue weighted by Gasteiger charge is -2.44. The van der Waals surface area contributed by atoms with E-state index in [1.165, 1.54) is 0 Å². The highest BCUT2D eigenvalue weighted by Gasteiger charge is 2.45. The fourth-order valence-corrected chi connectivity index (χ4v) is 6.22. The van der Waals surface area contributed by atoms with Crippen LogP contribution in [0.25, 0.3) is 0 Å². The molecule has 0 aliphatic carbocycles. The first-order chi connectivity index (χ1) is 12.0. The second-order valence-electron chi connectivity index (χ2n) is 6.71. The maximum absolute atomic E-state index is 6.00. The van der Waals surface area contributed by atoms with E-state index in [-0.39, 0.29) is 17.6 Å². The summed E-state index contributed by atoms with van der Waals surface area (Å²) in [5.41, 5.74) is 0.111. The zero-order valence-corrected chi connectivity index (χ0v) is 18.0. The van der Waals surface area contributed by atoms with Crippen molar-refractivity contribution in [3.63, 3.8) is 0 Å². The summed E-state index contributed by atoms with van der Waals surface area (Å²) in [4.78, 5) is 0. The predicted molar refractivity (Wildman–Crippen MR) is 99.8 cm³/mol. The number of ether oxygens (including phenoxy) is 3. The average molecular weight is 379 g/mol. The minimum absolute atomic E-state index is 0.0450. The summed E-state index contributed by atoms with van der Waals surface area (Å²) in [6.07, 6.45) is 2.04. The van der Waals surface area contributed by atoms with Gasteiger partial charge in [0.25, 0.3) is 0 Å². The van der Waals surface area contributed by atoms with E-state index in [1.807, 2.05) is 27.7 Å². The molecule has 0 aromatic carbocycles. The van der Waals surface area contributed by atoms with Gasteiger partial charge in [-0.1, -0.05) is 6.92 Å². The highest BCUT2D eigenvalue weighted by Crippen LogP contribution is 2.35. The molecule has 2 atom stereocenters. The first-order valence-corrected chi connectivity index (χ1v) is 11.6. The van der Waals surface area contributed by atoms with Crippen LogP contribution in [0, 0.1) is 5.41 Å². The van der Waals surface area contributed by atoms with Gasteiger partial charge >= 0.3 is 8.80 Å². The Morgan fingerprint density at radius 3 is 1.84 bits per heavy atom. The third-order valence-electron chi connectivity index (χ3n) is 4.65. The van der Waals surface area contributed by atoms with Gasteiger partial charge in [-0.3, -0.25) is 0 Å². The largest absolute Gasteiger partial charge is 0.503 e. The molecule has 0 bridgehead atoms. The maximum atomic E-state index is 6.00. The van der Waals surface area contributed by atoms with E-state index >= 15 is 0 Å². The molecule has 7 heteroatoms. The van der Waals surface area contributed by atoms with Crippen molar-refractivity contribution in [3.8, 4) is 0 Å². The molecule has 2 unspecified atom stereocenters. The lowest BCUT2D eigenvalue weighted by molar-refractivity contribution is -0.173. The third kappa shape index (κ3) is 6.90. The van der Waals surface area contributed by atoms with Gasteiger partial charge in [-0.2, -0.15) is 0 Å². The van der Waals surface area contributed by atoms with Crippen LogP contribution in [0.4, 0.5) is 0 Å². The minimum atomic E-state index is -2.71. The van der Waals surface area contributed by atoms with Gasteiger partial charge in [0.15, 0.2) is 0 Å². The fraction of sp³-hybridized carbons (Fsp3) is 1.00. The quantitative estimate of drug-likeness (QED) is 0.408. The van der Waals surface area contributed by atoms with Gasteiger partial charge in [0.05, 0.1) is 25.4 Å². The summed E-state index contributed by atoms with van der Waals surface area (Å²) in [6, 6.07) is 0.681. The number of methoxy groups -OCH3 is 1. The van der Waals surface area contributed by atoms with Crippen molar-refractivity contribution in [2.45, 2.75) is 65.7 Å². The Kier molecular flexibility index (Phi) is 10.7. The molecule has 0 radical (unpaired) electrons.